The maximum atomic E-state index is 11.8. The van der Waals surface area contributed by atoms with Gasteiger partial charge in [-0.2, -0.15) is 0 Å². The van der Waals surface area contributed by atoms with Crippen LogP contribution in [0.25, 0.3) is 10.9 Å². The SMILES string of the molecule is CCc1cc(=O)c2ccc(Br)c(C)c2[nH]1. The van der Waals surface area contributed by atoms with Gasteiger partial charge in [0.15, 0.2) is 5.43 Å². The van der Waals surface area contributed by atoms with Crippen LogP contribution in [-0.4, -0.2) is 4.98 Å². The quantitative estimate of drug-likeness (QED) is 0.844. The van der Waals surface area contributed by atoms with Gasteiger partial charge >= 0.3 is 0 Å². The summed E-state index contributed by atoms with van der Waals surface area (Å²) < 4.78 is 1.03. The molecule has 0 unspecified atom stereocenters. The van der Waals surface area contributed by atoms with E-state index in [1.54, 1.807) is 6.07 Å². The lowest BCUT2D eigenvalue weighted by Crippen LogP contribution is -2.05. The molecule has 0 aliphatic carbocycles. The Kier molecular flexibility index (Phi) is 2.65. The molecule has 0 bridgehead atoms. The summed E-state index contributed by atoms with van der Waals surface area (Å²) in [7, 11) is 0. The minimum atomic E-state index is 0.0937. The average molecular weight is 266 g/mol. The smallest absolute Gasteiger partial charge is 0.189 e. The van der Waals surface area contributed by atoms with Gasteiger partial charge in [0.1, 0.15) is 0 Å². The molecular weight excluding hydrogens is 254 g/mol. The first-order valence-electron chi connectivity index (χ1n) is 4.94. The third-order valence-corrected chi connectivity index (χ3v) is 3.50. The van der Waals surface area contributed by atoms with Crippen LogP contribution in [0.15, 0.2) is 27.5 Å². The van der Waals surface area contributed by atoms with Crippen molar-refractivity contribution in [2.75, 3.05) is 0 Å². The van der Waals surface area contributed by atoms with Gasteiger partial charge in [-0.3, -0.25) is 4.79 Å². The Labute approximate surface area is 96.5 Å². The van der Waals surface area contributed by atoms with E-state index in [0.717, 1.165) is 33.1 Å². The molecule has 1 aromatic carbocycles. The molecule has 0 aliphatic rings. The van der Waals surface area contributed by atoms with E-state index < -0.39 is 0 Å². The standard InChI is InChI=1S/C12H12BrNO/c1-3-8-6-11(15)9-4-5-10(13)7(2)12(9)14-8/h4-6H,3H2,1-2H3,(H,14,15). The van der Waals surface area contributed by atoms with Crippen LogP contribution in [0.5, 0.6) is 0 Å². The molecule has 1 N–H and O–H groups in total. The molecule has 15 heavy (non-hydrogen) atoms. The normalized spacial score (nSPS) is 10.9. The van der Waals surface area contributed by atoms with Gasteiger partial charge in [0.05, 0.1) is 5.52 Å². The molecule has 0 radical (unpaired) electrons. The number of benzene rings is 1. The molecule has 0 fully saturated rings. The Hall–Kier alpha value is -1.09. The predicted molar refractivity (Wildman–Crippen MR) is 66.4 cm³/mol. The molecule has 0 amide bonds. The molecule has 78 valence electrons. The molecule has 0 atom stereocenters. The Morgan fingerprint density at radius 2 is 2.13 bits per heavy atom. The van der Waals surface area contributed by atoms with Crippen molar-refractivity contribution < 1.29 is 0 Å². The highest BCUT2D eigenvalue weighted by Crippen LogP contribution is 2.22. The fourth-order valence-corrected chi connectivity index (χ4v) is 2.01. The fraction of sp³-hybridized carbons (Fsp3) is 0.250. The lowest BCUT2D eigenvalue weighted by atomic mass is 10.1. The second-order valence-corrected chi connectivity index (χ2v) is 4.46. The minimum absolute atomic E-state index is 0.0937. The topological polar surface area (TPSA) is 32.9 Å². The monoisotopic (exact) mass is 265 g/mol. The van der Waals surface area contributed by atoms with E-state index in [-0.39, 0.29) is 5.43 Å². The lowest BCUT2D eigenvalue weighted by molar-refractivity contribution is 1.05. The van der Waals surface area contributed by atoms with E-state index in [9.17, 15) is 4.79 Å². The van der Waals surface area contributed by atoms with Gasteiger partial charge in [-0.25, -0.2) is 0 Å². The van der Waals surface area contributed by atoms with Crippen molar-refractivity contribution >= 4 is 26.8 Å². The predicted octanol–water partition coefficient (Wildman–Crippen LogP) is 3.16. The van der Waals surface area contributed by atoms with Crippen molar-refractivity contribution in [2.24, 2.45) is 0 Å². The third-order valence-electron chi connectivity index (χ3n) is 2.64. The van der Waals surface area contributed by atoms with Crippen LogP contribution in [-0.2, 0) is 6.42 Å². The molecule has 2 nitrogen and oxygen atoms in total. The molecule has 1 heterocycles. The maximum absolute atomic E-state index is 11.8. The Morgan fingerprint density at radius 1 is 1.40 bits per heavy atom. The van der Waals surface area contributed by atoms with Gasteiger partial charge in [-0.1, -0.05) is 22.9 Å². The van der Waals surface area contributed by atoms with Crippen LogP contribution < -0.4 is 5.43 Å². The molecule has 0 aliphatic heterocycles. The van der Waals surface area contributed by atoms with Crippen molar-refractivity contribution in [1.82, 2.24) is 4.98 Å². The zero-order valence-electron chi connectivity index (χ0n) is 8.73. The molecule has 0 saturated heterocycles. The summed E-state index contributed by atoms with van der Waals surface area (Å²) in [5.74, 6) is 0. The number of rotatable bonds is 1. The second kappa shape index (κ2) is 3.81. The number of hydrogen-bond donors (Lipinski definition) is 1. The highest BCUT2D eigenvalue weighted by atomic mass is 79.9. The number of pyridine rings is 1. The van der Waals surface area contributed by atoms with Crippen LogP contribution in [0.3, 0.4) is 0 Å². The molecular formula is C12H12BrNO. The van der Waals surface area contributed by atoms with E-state index in [2.05, 4.69) is 20.9 Å². The summed E-state index contributed by atoms with van der Waals surface area (Å²) in [5, 5.41) is 0.757. The Morgan fingerprint density at radius 3 is 2.80 bits per heavy atom. The zero-order chi connectivity index (χ0) is 11.0. The van der Waals surface area contributed by atoms with Gasteiger partial charge in [0.25, 0.3) is 0 Å². The van der Waals surface area contributed by atoms with E-state index >= 15 is 0 Å². The van der Waals surface area contributed by atoms with E-state index in [1.807, 2.05) is 26.0 Å². The van der Waals surface area contributed by atoms with Gasteiger partial charge in [0.2, 0.25) is 0 Å². The number of H-pyrrole nitrogens is 1. The van der Waals surface area contributed by atoms with E-state index in [4.69, 9.17) is 0 Å². The van der Waals surface area contributed by atoms with Crippen LogP contribution in [0, 0.1) is 6.92 Å². The number of aryl methyl sites for hydroxylation is 2. The van der Waals surface area contributed by atoms with Crippen molar-refractivity contribution in [3.05, 3.63) is 44.2 Å². The third kappa shape index (κ3) is 1.72. The number of fused-ring (bicyclic) bond motifs is 1. The summed E-state index contributed by atoms with van der Waals surface area (Å²) in [6.45, 7) is 4.03. The first kappa shape index (κ1) is 10.4. The number of aromatic amines is 1. The van der Waals surface area contributed by atoms with Gasteiger partial charge in [-0.15, -0.1) is 0 Å². The Bertz CT molecular complexity index is 572. The molecule has 2 rings (SSSR count). The Balaban J connectivity index is 2.93. The van der Waals surface area contributed by atoms with Gasteiger partial charge in [0, 0.05) is 21.6 Å². The highest BCUT2D eigenvalue weighted by molar-refractivity contribution is 9.10. The highest BCUT2D eigenvalue weighted by Gasteiger charge is 2.05. The summed E-state index contributed by atoms with van der Waals surface area (Å²) >= 11 is 3.47. The number of hydrogen-bond acceptors (Lipinski definition) is 1. The van der Waals surface area contributed by atoms with Gasteiger partial charge < -0.3 is 4.98 Å². The fourth-order valence-electron chi connectivity index (χ4n) is 1.68. The van der Waals surface area contributed by atoms with Crippen LogP contribution in [0.4, 0.5) is 0 Å². The lowest BCUT2D eigenvalue weighted by Gasteiger charge is -2.06. The second-order valence-electron chi connectivity index (χ2n) is 3.61. The van der Waals surface area contributed by atoms with Crippen LogP contribution >= 0.6 is 15.9 Å². The molecule has 0 spiro atoms. The summed E-state index contributed by atoms with van der Waals surface area (Å²) in [4.78, 5) is 15.1. The number of nitrogens with one attached hydrogen (secondary N) is 1. The summed E-state index contributed by atoms with van der Waals surface area (Å²) in [6, 6.07) is 5.44. The largest absolute Gasteiger partial charge is 0.358 e. The van der Waals surface area contributed by atoms with Crippen molar-refractivity contribution in [2.45, 2.75) is 20.3 Å². The number of aromatic nitrogens is 1. The van der Waals surface area contributed by atoms with E-state index in [0.29, 0.717) is 0 Å². The van der Waals surface area contributed by atoms with Crippen molar-refractivity contribution in [1.29, 1.82) is 0 Å². The zero-order valence-corrected chi connectivity index (χ0v) is 10.3. The maximum Gasteiger partial charge on any atom is 0.189 e. The van der Waals surface area contributed by atoms with Crippen LogP contribution in [0.2, 0.25) is 0 Å². The molecule has 0 saturated carbocycles. The first-order valence-corrected chi connectivity index (χ1v) is 5.73. The number of halogens is 1. The summed E-state index contributed by atoms with van der Waals surface area (Å²) in [5.41, 5.74) is 3.10. The first-order chi connectivity index (χ1) is 7.13. The average Bonchev–Trinajstić information content (AvgIpc) is 2.23. The van der Waals surface area contributed by atoms with Crippen LogP contribution in [0.1, 0.15) is 18.2 Å². The van der Waals surface area contributed by atoms with Gasteiger partial charge in [-0.05, 0) is 31.0 Å². The van der Waals surface area contributed by atoms with Crippen molar-refractivity contribution in [3.63, 3.8) is 0 Å². The molecule has 1 aromatic heterocycles. The minimum Gasteiger partial charge on any atom is -0.358 e. The summed E-state index contributed by atoms with van der Waals surface area (Å²) in [6.07, 6.45) is 0.844. The molecule has 3 heteroatoms. The molecule has 2 aromatic rings. The van der Waals surface area contributed by atoms with E-state index in [1.165, 1.54) is 0 Å². The van der Waals surface area contributed by atoms with Crippen molar-refractivity contribution in [3.8, 4) is 0 Å².